The molecule has 2 aromatic heterocycles. The molecule has 2 fully saturated rings. The molecule has 8 heteroatoms. The summed E-state index contributed by atoms with van der Waals surface area (Å²) in [5, 5.41) is 10.2. The van der Waals surface area contributed by atoms with Crippen molar-refractivity contribution in [3.63, 3.8) is 0 Å². The second-order valence-corrected chi connectivity index (χ2v) is 13.9. The number of amides is 1. The van der Waals surface area contributed by atoms with Crippen molar-refractivity contribution in [2.45, 2.75) is 103 Å². The van der Waals surface area contributed by atoms with E-state index in [-0.39, 0.29) is 34.3 Å². The van der Waals surface area contributed by atoms with Crippen molar-refractivity contribution in [2.24, 2.45) is 11.8 Å². The molecule has 39 heavy (non-hydrogen) atoms. The van der Waals surface area contributed by atoms with Crippen LogP contribution in [0.1, 0.15) is 99.2 Å². The maximum atomic E-state index is 14.2. The molecule has 0 aliphatic heterocycles. The molecule has 1 N–H and O–H groups in total. The van der Waals surface area contributed by atoms with Crippen molar-refractivity contribution in [1.29, 1.82) is 0 Å². The van der Waals surface area contributed by atoms with Gasteiger partial charge in [-0.25, -0.2) is 4.79 Å². The van der Waals surface area contributed by atoms with Crippen molar-refractivity contribution in [1.82, 2.24) is 9.88 Å². The van der Waals surface area contributed by atoms with Crippen LogP contribution in [-0.2, 0) is 16.8 Å². The Bertz CT molecular complexity index is 1140. The Balaban J connectivity index is 1.57. The van der Waals surface area contributed by atoms with Crippen LogP contribution in [0.15, 0.2) is 24.5 Å². The van der Waals surface area contributed by atoms with E-state index in [4.69, 9.17) is 4.74 Å². The molecule has 2 saturated carbocycles. The van der Waals surface area contributed by atoms with Gasteiger partial charge in [-0.3, -0.25) is 9.78 Å². The van der Waals surface area contributed by atoms with E-state index in [1.54, 1.807) is 12.4 Å². The molecule has 0 radical (unpaired) electrons. The molecule has 2 heterocycles. The van der Waals surface area contributed by atoms with Crippen LogP contribution in [0, 0.1) is 11.8 Å². The lowest BCUT2D eigenvalue weighted by atomic mass is 9.81. The number of hydrogen-bond acceptors (Lipinski definition) is 6. The SMILES string of the molecule is CN(C)Cc1ccncc1O[C@H]1CC[C@H](N(c2cc(C(C)(C)C)sc2C(=O)O)C(=O)[C@H]2CC[C@H](C)CC2)CC1. The standard InChI is InChI=1S/C31H45N3O4S/c1-20-7-9-21(10-8-20)29(35)34(25-17-27(31(2,3)4)39-28(25)30(36)37)23-11-13-24(14-12-23)38-26-18-32-16-15-22(26)19-33(5)6/h15-18,20-21,23-24H,7-14,19H2,1-6H3,(H,36,37)/t20-,21-,23-,24-. The number of thiophene rings is 1. The number of aromatic carboxylic acids is 1. The van der Waals surface area contributed by atoms with Crippen LogP contribution < -0.4 is 9.64 Å². The van der Waals surface area contributed by atoms with E-state index in [0.717, 1.165) is 74.1 Å². The van der Waals surface area contributed by atoms with Gasteiger partial charge < -0.3 is 19.6 Å². The van der Waals surface area contributed by atoms with E-state index in [2.05, 4.69) is 37.6 Å². The van der Waals surface area contributed by atoms with E-state index in [1.165, 1.54) is 11.3 Å². The van der Waals surface area contributed by atoms with Gasteiger partial charge in [0.2, 0.25) is 5.91 Å². The predicted molar refractivity (Wildman–Crippen MR) is 157 cm³/mol. The molecule has 0 unspecified atom stereocenters. The summed E-state index contributed by atoms with van der Waals surface area (Å²) in [6.07, 6.45) is 10.7. The van der Waals surface area contributed by atoms with Gasteiger partial charge in [0.05, 0.1) is 18.0 Å². The van der Waals surface area contributed by atoms with E-state index in [9.17, 15) is 14.7 Å². The van der Waals surface area contributed by atoms with Crippen molar-refractivity contribution in [2.75, 3.05) is 19.0 Å². The second kappa shape index (κ2) is 12.4. The zero-order valence-electron chi connectivity index (χ0n) is 24.4. The average molecular weight is 556 g/mol. The maximum absolute atomic E-state index is 14.2. The molecule has 0 saturated heterocycles. The molecule has 4 rings (SSSR count). The van der Waals surface area contributed by atoms with Crippen LogP contribution in [0.3, 0.4) is 0 Å². The third-order valence-corrected chi connectivity index (χ3v) is 9.71. The zero-order valence-corrected chi connectivity index (χ0v) is 25.2. The van der Waals surface area contributed by atoms with Gasteiger partial charge in [0.15, 0.2) is 0 Å². The average Bonchev–Trinajstić information content (AvgIpc) is 3.33. The van der Waals surface area contributed by atoms with Crippen LogP contribution >= 0.6 is 11.3 Å². The Morgan fingerprint density at radius 1 is 1.08 bits per heavy atom. The number of carbonyl (C=O) groups excluding carboxylic acids is 1. The van der Waals surface area contributed by atoms with E-state index in [0.29, 0.717) is 11.6 Å². The minimum atomic E-state index is -0.956. The first-order chi connectivity index (χ1) is 18.4. The fourth-order valence-corrected chi connectivity index (χ4v) is 6.92. The number of anilines is 1. The van der Waals surface area contributed by atoms with Crippen LogP contribution in [0.25, 0.3) is 0 Å². The van der Waals surface area contributed by atoms with Gasteiger partial charge >= 0.3 is 5.97 Å². The highest BCUT2D eigenvalue weighted by atomic mass is 32.1. The van der Waals surface area contributed by atoms with Gasteiger partial charge in [-0.2, -0.15) is 0 Å². The fourth-order valence-electron chi connectivity index (χ4n) is 5.87. The van der Waals surface area contributed by atoms with Crippen molar-refractivity contribution < 1.29 is 19.4 Å². The molecular weight excluding hydrogens is 510 g/mol. The maximum Gasteiger partial charge on any atom is 0.348 e. The highest BCUT2D eigenvalue weighted by molar-refractivity contribution is 7.14. The molecule has 0 bridgehead atoms. The number of carboxylic acid groups (broad SMARTS) is 1. The third kappa shape index (κ3) is 7.20. The van der Waals surface area contributed by atoms with Gasteiger partial charge in [-0.1, -0.05) is 27.7 Å². The number of ether oxygens (including phenoxy) is 1. The summed E-state index contributed by atoms with van der Waals surface area (Å²) < 4.78 is 6.44. The monoisotopic (exact) mass is 555 g/mol. The highest BCUT2D eigenvalue weighted by Gasteiger charge is 2.38. The lowest BCUT2D eigenvalue weighted by molar-refractivity contribution is -0.124. The zero-order chi connectivity index (χ0) is 28.3. The number of pyridine rings is 1. The first-order valence-electron chi connectivity index (χ1n) is 14.4. The van der Waals surface area contributed by atoms with Crippen molar-refractivity contribution in [3.05, 3.63) is 39.8 Å². The minimum absolute atomic E-state index is 0.0348. The predicted octanol–water partition coefficient (Wildman–Crippen LogP) is 6.75. The van der Waals surface area contributed by atoms with Gasteiger partial charge in [0.25, 0.3) is 0 Å². The Hall–Kier alpha value is -2.45. The van der Waals surface area contributed by atoms with Gasteiger partial charge in [-0.15, -0.1) is 11.3 Å². The minimum Gasteiger partial charge on any atom is -0.488 e. The normalized spacial score (nSPS) is 24.0. The molecule has 2 aliphatic rings. The first kappa shape index (κ1) is 29.5. The first-order valence-corrected chi connectivity index (χ1v) is 15.2. The molecule has 2 aliphatic carbocycles. The smallest absolute Gasteiger partial charge is 0.348 e. The highest BCUT2D eigenvalue weighted by Crippen LogP contribution is 2.42. The summed E-state index contributed by atoms with van der Waals surface area (Å²) in [5.74, 6) is 0.567. The van der Waals surface area contributed by atoms with Crippen LogP contribution in [0.5, 0.6) is 5.75 Å². The Morgan fingerprint density at radius 2 is 1.74 bits per heavy atom. The Morgan fingerprint density at radius 3 is 2.33 bits per heavy atom. The molecule has 214 valence electrons. The summed E-state index contributed by atoms with van der Waals surface area (Å²) in [7, 11) is 4.07. The largest absolute Gasteiger partial charge is 0.488 e. The second-order valence-electron chi connectivity index (χ2n) is 12.8. The van der Waals surface area contributed by atoms with E-state index >= 15 is 0 Å². The topological polar surface area (TPSA) is 83.0 Å². The quantitative estimate of drug-likeness (QED) is 0.388. The van der Waals surface area contributed by atoms with Crippen LogP contribution in [0.2, 0.25) is 0 Å². The molecule has 1 amide bonds. The number of hydrogen-bond donors (Lipinski definition) is 1. The van der Waals surface area contributed by atoms with Gasteiger partial charge in [0.1, 0.15) is 10.6 Å². The summed E-state index contributed by atoms with van der Waals surface area (Å²) in [4.78, 5) is 36.1. The summed E-state index contributed by atoms with van der Waals surface area (Å²) >= 11 is 1.31. The van der Waals surface area contributed by atoms with Gasteiger partial charge in [0, 0.05) is 35.1 Å². The van der Waals surface area contributed by atoms with Crippen LogP contribution in [-0.4, -0.2) is 53.1 Å². The van der Waals surface area contributed by atoms with Crippen molar-refractivity contribution >= 4 is 28.9 Å². The molecule has 0 aromatic carbocycles. The fraction of sp³-hybridized carbons (Fsp3) is 0.645. The number of aromatic nitrogens is 1. The Kier molecular flexibility index (Phi) is 9.37. The number of carboxylic acids is 1. The van der Waals surface area contributed by atoms with Gasteiger partial charge in [-0.05, 0) is 88.9 Å². The Labute approximate surface area is 237 Å². The summed E-state index contributed by atoms with van der Waals surface area (Å²) in [5.41, 5.74) is 1.51. The molecule has 2 aromatic rings. The number of carbonyl (C=O) groups is 2. The van der Waals surface area contributed by atoms with Crippen LogP contribution in [0.4, 0.5) is 5.69 Å². The van der Waals surface area contributed by atoms with E-state index in [1.807, 2.05) is 31.1 Å². The van der Waals surface area contributed by atoms with Crippen molar-refractivity contribution in [3.8, 4) is 5.75 Å². The lowest BCUT2D eigenvalue weighted by Gasteiger charge is -2.39. The van der Waals surface area contributed by atoms with E-state index < -0.39 is 5.97 Å². The molecule has 7 nitrogen and oxygen atoms in total. The number of nitrogens with zero attached hydrogens (tertiary/aromatic N) is 3. The number of rotatable bonds is 8. The molecule has 0 atom stereocenters. The molecular formula is C31H45N3O4S. The summed E-state index contributed by atoms with van der Waals surface area (Å²) in [6, 6.07) is 3.94. The third-order valence-electron chi connectivity index (χ3n) is 8.17. The summed E-state index contributed by atoms with van der Waals surface area (Å²) in [6.45, 7) is 9.31. The molecule has 0 spiro atoms. The lowest BCUT2D eigenvalue weighted by Crippen LogP contribution is -2.47.